The number of hydrogen-bond acceptors (Lipinski definition) is 7. The first-order valence-electron chi connectivity index (χ1n) is 10.7. The van der Waals surface area contributed by atoms with Crippen molar-refractivity contribution in [3.05, 3.63) is 63.8 Å². The van der Waals surface area contributed by atoms with E-state index in [-0.39, 0.29) is 24.7 Å². The van der Waals surface area contributed by atoms with E-state index in [0.29, 0.717) is 17.1 Å². The number of carbonyl (C=O) groups excluding carboxylic acids is 1. The smallest absolute Gasteiger partial charge is 0.274 e. The van der Waals surface area contributed by atoms with Crippen molar-refractivity contribution in [3.8, 4) is 17.0 Å². The summed E-state index contributed by atoms with van der Waals surface area (Å²) in [6, 6.07) is 9.78. The second-order valence-electron chi connectivity index (χ2n) is 8.06. The summed E-state index contributed by atoms with van der Waals surface area (Å²) in [5.74, 6) is 1.19. The van der Waals surface area contributed by atoms with Crippen LogP contribution >= 0.6 is 0 Å². The second-order valence-corrected chi connectivity index (χ2v) is 8.06. The quantitative estimate of drug-likeness (QED) is 0.653. The summed E-state index contributed by atoms with van der Waals surface area (Å²) in [7, 11) is 1.60. The van der Waals surface area contributed by atoms with Crippen LogP contribution < -0.4 is 15.6 Å². The molecule has 0 radical (unpaired) electrons. The zero-order chi connectivity index (χ0) is 22.1. The average molecular weight is 436 g/mol. The maximum absolute atomic E-state index is 12.9. The van der Waals surface area contributed by atoms with Crippen molar-refractivity contribution >= 4 is 5.91 Å². The molecule has 32 heavy (non-hydrogen) atoms. The Balaban J connectivity index is 1.40. The number of aryl methyl sites for hydroxylation is 1. The van der Waals surface area contributed by atoms with Crippen molar-refractivity contribution in [1.82, 2.24) is 20.3 Å². The van der Waals surface area contributed by atoms with Crippen LogP contribution in [0.5, 0.6) is 5.75 Å². The lowest BCUT2D eigenvalue weighted by Gasteiger charge is -2.20. The number of rotatable bonds is 5. The van der Waals surface area contributed by atoms with Crippen LogP contribution in [-0.4, -0.2) is 47.2 Å². The van der Waals surface area contributed by atoms with Gasteiger partial charge in [-0.15, -0.1) is 0 Å². The molecule has 2 aromatic heterocycles. The van der Waals surface area contributed by atoms with E-state index >= 15 is 0 Å². The lowest BCUT2D eigenvalue weighted by atomic mass is 9.96. The van der Waals surface area contributed by atoms with Gasteiger partial charge in [-0.2, -0.15) is 5.10 Å². The number of ether oxygens (including phenoxy) is 2. The van der Waals surface area contributed by atoms with Gasteiger partial charge in [-0.05, 0) is 37.5 Å². The minimum Gasteiger partial charge on any atom is -0.497 e. The molecule has 0 saturated carbocycles. The first-order valence-corrected chi connectivity index (χ1v) is 10.7. The molecule has 2 atom stereocenters. The molecule has 1 saturated heterocycles. The summed E-state index contributed by atoms with van der Waals surface area (Å²) < 4.78 is 17.7. The summed E-state index contributed by atoms with van der Waals surface area (Å²) in [6.45, 7) is 0.560. The summed E-state index contributed by atoms with van der Waals surface area (Å²) in [6.07, 6.45) is 3.65. The Hall–Kier alpha value is -3.46. The van der Waals surface area contributed by atoms with Gasteiger partial charge in [0.15, 0.2) is 5.69 Å². The van der Waals surface area contributed by atoms with Crippen LogP contribution in [0.15, 0.2) is 45.7 Å². The fraction of sp³-hybridized carbons (Fsp3) is 0.391. The SMILES string of the molecule is COc1cccc(-c2ccc(=O)n(C3COCC3NC(=O)c3noc4c3CCCC4)n2)c1. The van der Waals surface area contributed by atoms with Gasteiger partial charge in [0.05, 0.1) is 32.1 Å². The highest BCUT2D eigenvalue weighted by Gasteiger charge is 2.34. The van der Waals surface area contributed by atoms with Gasteiger partial charge in [0.1, 0.15) is 17.6 Å². The van der Waals surface area contributed by atoms with Gasteiger partial charge in [-0.3, -0.25) is 9.59 Å². The van der Waals surface area contributed by atoms with Gasteiger partial charge in [0.2, 0.25) is 0 Å². The minimum atomic E-state index is -0.431. The Labute approximate surface area is 184 Å². The largest absolute Gasteiger partial charge is 0.497 e. The van der Waals surface area contributed by atoms with Gasteiger partial charge < -0.3 is 19.3 Å². The summed E-state index contributed by atoms with van der Waals surface area (Å²) in [5, 5.41) is 11.6. The number of hydrogen-bond donors (Lipinski definition) is 1. The highest BCUT2D eigenvalue weighted by molar-refractivity contribution is 5.94. The molecule has 1 aromatic carbocycles. The molecule has 1 fully saturated rings. The van der Waals surface area contributed by atoms with Crippen molar-refractivity contribution in [2.24, 2.45) is 0 Å². The number of methoxy groups -OCH3 is 1. The van der Waals surface area contributed by atoms with Crippen LogP contribution in [-0.2, 0) is 17.6 Å². The predicted octanol–water partition coefficient (Wildman–Crippen LogP) is 2.16. The maximum atomic E-state index is 12.9. The fourth-order valence-corrected chi connectivity index (χ4v) is 4.32. The van der Waals surface area contributed by atoms with Crippen LogP contribution in [0.2, 0.25) is 0 Å². The Kier molecular flexibility index (Phi) is 5.48. The zero-order valence-corrected chi connectivity index (χ0v) is 17.7. The van der Waals surface area contributed by atoms with E-state index in [0.717, 1.165) is 42.6 Å². The molecule has 0 spiro atoms. The lowest BCUT2D eigenvalue weighted by Crippen LogP contribution is -2.44. The summed E-state index contributed by atoms with van der Waals surface area (Å²) in [5.41, 5.74) is 2.42. The normalized spacial score (nSPS) is 20.0. The molecule has 3 heterocycles. The van der Waals surface area contributed by atoms with Gasteiger partial charge in [-0.25, -0.2) is 4.68 Å². The fourth-order valence-electron chi connectivity index (χ4n) is 4.32. The van der Waals surface area contributed by atoms with Crippen LogP contribution in [0, 0.1) is 0 Å². The minimum absolute atomic E-state index is 0.259. The number of nitrogens with one attached hydrogen (secondary N) is 1. The monoisotopic (exact) mass is 436 g/mol. The van der Waals surface area contributed by atoms with Crippen LogP contribution in [0.1, 0.15) is 40.7 Å². The predicted molar refractivity (Wildman–Crippen MR) is 115 cm³/mol. The molecule has 1 aliphatic carbocycles. The number of benzene rings is 1. The Morgan fingerprint density at radius 3 is 2.94 bits per heavy atom. The lowest BCUT2D eigenvalue weighted by molar-refractivity contribution is 0.0914. The van der Waals surface area contributed by atoms with E-state index in [4.69, 9.17) is 14.0 Å². The molecule has 166 valence electrons. The molecular weight excluding hydrogens is 412 g/mol. The van der Waals surface area contributed by atoms with Gasteiger partial charge in [0.25, 0.3) is 11.5 Å². The van der Waals surface area contributed by atoms with Crippen LogP contribution in [0.25, 0.3) is 11.3 Å². The van der Waals surface area contributed by atoms with Gasteiger partial charge in [0, 0.05) is 23.6 Å². The number of carbonyl (C=O) groups is 1. The zero-order valence-electron chi connectivity index (χ0n) is 17.7. The first-order chi connectivity index (χ1) is 15.6. The van der Waals surface area contributed by atoms with E-state index in [1.54, 1.807) is 13.2 Å². The molecule has 1 N–H and O–H groups in total. The van der Waals surface area contributed by atoms with Crippen molar-refractivity contribution < 1.29 is 18.8 Å². The number of aromatic nitrogens is 3. The standard InChI is InChI=1S/C23H24N4O5/c1-30-15-6-4-5-14(11-15)17-9-10-21(28)27(25-17)19-13-31-12-18(19)24-23(29)22-16-7-2-3-8-20(16)32-26-22/h4-6,9-11,18-19H,2-3,7-8,12-13H2,1H3,(H,24,29). The molecule has 5 rings (SSSR count). The average Bonchev–Trinajstić information content (AvgIpc) is 3.46. The first kappa shape index (κ1) is 20.4. The molecule has 9 nitrogen and oxygen atoms in total. The molecule has 1 amide bonds. The highest BCUT2D eigenvalue weighted by atomic mass is 16.5. The third-order valence-corrected chi connectivity index (χ3v) is 6.04. The third kappa shape index (κ3) is 3.80. The van der Waals surface area contributed by atoms with Crippen molar-refractivity contribution in [1.29, 1.82) is 0 Å². The second kappa shape index (κ2) is 8.58. The number of amides is 1. The van der Waals surface area contributed by atoms with Gasteiger partial charge in [-0.1, -0.05) is 17.3 Å². The number of fused-ring (bicyclic) bond motifs is 1. The summed E-state index contributed by atoms with van der Waals surface area (Å²) >= 11 is 0. The molecular formula is C23H24N4O5. The number of nitrogens with zero attached hydrogens (tertiary/aromatic N) is 3. The van der Waals surface area contributed by atoms with E-state index in [1.807, 2.05) is 24.3 Å². The Morgan fingerprint density at radius 2 is 2.06 bits per heavy atom. The topological polar surface area (TPSA) is 108 Å². The molecule has 1 aliphatic heterocycles. The van der Waals surface area contributed by atoms with E-state index < -0.39 is 12.1 Å². The van der Waals surface area contributed by atoms with E-state index in [9.17, 15) is 9.59 Å². The Morgan fingerprint density at radius 1 is 1.19 bits per heavy atom. The third-order valence-electron chi connectivity index (χ3n) is 6.04. The van der Waals surface area contributed by atoms with Crippen molar-refractivity contribution in [2.45, 2.75) is 37.8 Å². The van der Waals surface area contributed by atoms with Crippen LogP contribution in [0.4, 0.5) is 0 Å². The molecule has 9 heteroatoms. The molecule has 2 aliphatic rings. The van der Waals surface area contributed by atoms with Crippen LogP contribution in [0.3, 0.4) is 0 Å². The van der Waals surface area contributed by atoms with Gasteiger partial charge >= 0.3 is 0 Å². The highest BCUT2D eigenvalue weighted by Crippen LogP contribution is 2.26. The maximum Gasteiger partial charge on any atom is 0.274 e. The molecule has 0 bridgehead atoms. The Bertz CT molecular complexity index is 1200. The van der Waals surface area contributed by atoms with Crippen molar-refractivity contribution in [2.75, 3.05) is 20.3 Å². The molecule has 2 unspecified atom stereocenters. The van der Waals surface area contributed by atoms with E-state index in [2.05, 4.69) is 15.6 Å². The summed E-state index contributed by atoms with van der Waals surface area (Å²) in [4.78, 5) is 25.6. The van der Waals surface area contributed by atoms with Crippen molar-refractivity contribution in [3.63, 3.8) is 0 Å². The van der Waals surface area contributed by atoms with E-state index in [1.165, 1.54) is 10.7 Å². The molecule has 3 aromatic rings.